The smallest absolute Gasteiger partial charge is 0.315 e. The van der Waals surface area contributed by atoms with Crippen LogP contribution < -0.4 is 0 Å². The van der Waals surface area contributed by atoms with Crippen LogP contribution in [0.2, 0.25) is 0 Å². The zero-order valence-corrected chi connectivity index (χ0v) is 9.41. The van der Waals surface area contributed by atoms with Crippen molar-refractivity contribution in [1.29, 1.82) is 0 Å². The zero-order chi connectivity index (χ0) is 12.2. The topological polar surface area (TPSA) is 71.4 Å². The van der Waals surface area contributed by atoms with Crippen LogP contribution in [0, 0.1) is 11.8 Å². The normalized spacial score (nSPS) is 10.3. The Hall–Kier alpha value is -1.80. The van der Waals surface area contributed by atoms with Crippen LogP contribution in [0.1, 0.15) is 12.0 Å². The molecular formula is C11H10O4S. The van der Waals surface area contributed by atoms with Gasteiger partial charge in [0.15, 0.2) is 9.84 Å². The lowest BCUT2D eigenvalue weighted by molar-refractivity contribution is -0.135. The second-order valence-electron chi connectivity index (χ2n) is 3.17. The first-order valence-electron chi connectivity index (χ1n) is 4.40. The molecule has 0 aliphatic heterocycles. The van der Waals surface area contributed by atoms with Crippen LogP contribution in [0.5, 0.6) is 0 Å². The number of hydrogen-bond acceptors (Lipinski definition) is 3. The van der Waals surface area contributed by atoms with E-state index in [1.54, 1.807) is 12.1 Å². The Morgan fingerprint density at radius 2 is 2.12 bits per heavy atom. The molecule has 0 atom stereocenters. The molecule has 0 aliphatic rings. The summed E-state index contributed by atoms with van der Waals surface area (Å²) >= 11 is 0. The van der Waals surface area contributed by atoms with Crippen molar-refractivity contribution >= 4 is 15.8 Å². The fraction of sp³-hybridized carbons (Fsp3) is 0.182. The third-order valence-corrected chi connectivity index (χ3v) is 2.84. The highest BCUT2D eigenvalue weighted by Gasteiger charge is 2.05. The second-order valence-corrected chi connectivity index (χ2v) is 5.19. The minimum atomic E-state index is -3.25. The van der Waals surface area contributed by atoms with Crippen molar-refractivity contribution in [3.8, 4) is 11.8 Å². The Labute approximate surface area is 93.8 Å². The SMILES string of the molecule is CS(=O)(=O)c1cccc(C#CCC(=O)O)c1. The van der Waals surface area contributed by atoms with E-state index in [4.69, 9.17) is 5.11 Å². The molecule has 0 radical (unpaired) electrons. The molecular weight excluding hydrogens is 228 g/mol. The molecule has 5 heteroatoms. The summed E-state index contributed by atoms with van der Waals surface area (Å²) in [5.41, 5.74) is 0.490. The molecule has 0 saturated heterocycles. The lowest BCUT2D eigenvalue weighted by Gasteiger charge is -1.97. The maximum Gasteiger partial charge on any atom is 0.315 e. The van der Waals surface area contributed by atoms with E-state index < -0.39 is 15.8 Å². The van der Waals surface area contributed by atoms with E-state index in [1.807, 2.05) is 0 Å². The summed E-state index contributed by atoms with van der Waals surface area (Å²) in [7, 11) is -3.25. The Bertz CT molecular complexity index is 561. The highest BCUT2D eigenvalue weighted by atomic mass is 32.2. The van der Waals surface area contributed by atoms with Crippen molar-refractivity contribution < 1.29 is 18.3 Å². The molecule has 4 nitrogen and oxygen atoms in total. The van der Waals surface area contributed by atoms with Gasteiger partial charge in [0, 0.05) is 11.8 Å². The number of hydrogen-bond donors (Lipinski definition) is 1. The van der Waals surface area contributed by atoms with Gasteiger partial charge in [0.05, 0.1) is 4.90 Å². The quantitative estimate of drug-likeness (QED) is 0.777. The van der Waals surface area contributed by atoms with E-state index in [9.17, 15) is 13.2 Å². The molecule has 16 heavy (non-hydrogen) atoms. The molecule has 1 rings (SSSR count). The van der Waals surface area contributed by atoms with Crippen LogP contribution in [-0.2, 0) is 14.6 Å². The average Bonchev–Trinajstić information content (AvgIpc) is 2.16. The zero-order valence-electron chi connectivity index (χ0n) is 8.60. The molecule has 0 spiro atoms. The second kappa shape index (κ2) is 4.81. The van der Waals surface area contributed by atoms with Gasteiger partial charge in [-0.15, -0.1) is 0 Å². The maximum atomic E-state index is 11.2. The Balaban J connectivity index is 2.99. The van der Waals surface area contributed by atoms with E-state index in [1.165, 1.54) is 12.1 Å². The number of carboxylic acid groups (broad SMARTS) is 1. The van der Waals surface area contributed by atoms with Gasteiger partial charge in [0.2, 0.25) is 0 Å². The van der Waals surface area contributed by atoms with Gasteiger partial charge in [-0.1, -0.05) is 17.9 Å². The van der Waals surface area contributed by atoms with Crippen LogP contribution >= 0.6 is 0 Å². The standard InChI is InChI=1S/C11H10O4S/c1-16(14,15)10-6-2-4-9(8-10)5-3-7-11(12)13/h2,4,6,8H,7H2,1H3,(H,12,13). The van der Waals surface area contributed by atoms with Crippen LogP contribution in [0.25, 0.3) is 0 Å². The largest absolute Gasteiger partial charge is 0.481 e. The molecule has 0 heterocycles. The van der Waals surface area contributed by atoms with Crippen molar-refractivity contribution in [2.75, 3.05) is 6.26 Å². The molecule has 1 aromatic rings. The lowest BCUT2D eigenvalue weighted by atomic mass is 10.2. The van der Waals surface area contributed by atoms with Crippen LogP contribution in [0.15, 0.2) is 29.2 Å². The number of aliphatic carboxylic acids is 1. The van der Waals surface area contributed by atoms with E-state index in [-0.39, 0.29) is 11.3 Å². The molecule has 0 saturated carbocycles. The number of carboxylic acids is 1. The van der Waals surface area contributed by atoms with E-state index >= 15 is 0 Å². The van der Waals surface area contributed by atoms with Gasteiger partial charge in [0.25, 0.3) is 0 Å². The van der Waals surface area contributed by atoms with Gasteiger partial charge in [-0.3, -0.25) is 4.79 Å². The van der Waals surface area contributed by atoms with Crippen LogP contribution in [0.3, 0.4) is 0 Å². The summed E-state index contributed by atoms with van der Waals surface area (Å²) < 4.78 is 22.4. The number of sulfone groups is 1. The number of rotatable bonds is 2. The summed E-state index contributed by atoms with van der Waals surface area (Å²) in [5.74, 6) is 4.02. The number of carbonyl (C=O) groups is 1. The van der Waals surface area contributed by atoms with E-state index in [0.29, 0.717) is 5.56 Å². The van der Waals surface area contributed by atoms with Gasteiger partial charge < -0.3 is 5.11 Å². The minimum Gasteiger partial charge on any atom is -0.481 e. The third kappa shape index (κ3) is 3.75. The highest BCUT2D eigenvalue weighted by molar-refractivity contribution is 7.90. The first kappa shape index (κ1) is 12.3. The van der Waals surface area contributed by atoms with Crippen LogP contribution in [0.4, 0.5) is 0 Å². The lowest BCUT2D eigenvalue weighted by Crippen LogP contribution is -1.96. The monoisotopic (exact) mass is 238 g/mol. The Morgan fingerprint density at radius 3 is 2.69 bits per heavy atom. The molecule has 1 N–H and O–H groups in total. The summed E-state index contributed by atoms with van der Waals surface area (Å²) in [6, 6.07) is 6.09. The predicted molar refractivity (Wildman–Crippen MR) is 58.7 cm³/mol. The van der Waals surface area contributed by atoms with Crippen molar-refractivity contribution in [3.05, 3.63) is 29.8 Å². The summed E-state index contributed by atoms with van der Waals surface area (Å²) in [6.07, 6.45) is 0.847. The van der Waals surface area contributed by atoms with Crippen molar-refractivity contribution in [2.24, 2.45) is 0 Å². The van der Waals surface area contributed by atoms with E-state index in [0.717, 1.165) is 6.26 Å². The molecule has 0 aromatic heterocycles. The van der Waals surface area contributed by atoms with Crippen molar-refractivity contribution in [1.82, 2.24) is 0 Å². The molecule has 0 bridgehead atoms. The van der Waals surface area contributed by atoms with Crippen molar-refractivity contribution in [2.45, 2.75) is 11.3 Å². The summed E-state index contributed by atoms with van der Waals surface area (Å²) in [4.78, 5) is 10.4. The summed E-state index contributed by atoms with van der Waals surface area (Å²) in [6.45, 7) is 0. The van der Waals surface area contributed by atoms with Gasteiger partial charge in [0.1, 0.15) is 6.42 Å². The van der Waals surface area contributed by atoms with E-state index in [2.05, 4.69) is 11.8 Å². The van der Waals surface area contributed by atoms with Crippen LogP contribution in [-0.4, -0.2) is 25.7 Å². The van der Waals surface area contributed by atoms with Gasteiger partial charge in [-0.2, -0.15) is 0 Å². The predicted octanol–water partition coefficient (Wildman–Crippen LogP) is 0.916. The molecule has 0 fully saturated rings. The van der Waals surface area contributed by atoms with Gasteiger partial charge in [-0.05, 0) is 18.2 Å². The first-order valence-corrected chi connectivity index (χ1v) is 6.29. The third-order valence-electron chi connectivity index (χ3n) is 1.73. The Morgan fingerprint density at radius 1 is 1.44 bits per heavy atom. The molecule has 0 amide bonds. The average molecular weight is 238 g/mol. The Kier molecular flexibility index (Phi) is 3.69. The fourth-order valence-electron chi connectivity index (χ4n) is 1.03. The minimum absolute atomic E-state index is 0.176. The first-order chi connectivity index (χ1) is 7.39. The van der Waals surface area contributed by atoms with Gasteiger partial charge in [-0.25, -0.2) is 8.42 Å². The highest BCUT2D eigenvalue weighted by Crippen LogP contribution is 2.10. The molecule has 0 unspecified atom stereocenters. The van der Waals surface area contributed by atoms with Crippen molar-refractivity contribution in [3.63, 3.8) is 0 Å². The molecule has 84 valence electrons. The maximum absolute atomic E-state index is 11.2. The molecule has 1 aromatic carbocycles. The fourth-order valence-corrected chi connectivity index (χ4v) is 1.69. The van der Waals surface area contributed by atoms with Gasteiger partial charge >= 0.3 is 5.97 Å². The summed E-state index contributed by atoms with van der Waals surface area (Å²) in [5, 5.41) is 8.38. The number of benzene rings is 1. The molecule has 0 aliphatic carbocycles.